The zero-order chi connectivity index (χ0) is 24.4. The Kier molecular flexibility index (Phi) is 18.7. The van der Waals surface area contributed by atoms with Crippen LogP contribution >= 0.6 is 77.4 Å². The molecule has 2 rings (SSSR count). The van der Waals surface area contributed by atoms with Crippen molar-refractivity contribution in [1.29, 1.82) is 0 Å². The number of hydrogen-bond donors (Lipinski definition) is 0. The van der Waals surface area contributed by atoms with E-state index < -0.39 is 11.1 Å². The van der Waals surface area contributed by atoms with Gasteiger partial charge >= 0.3 is 99.8 Å². The van der Waals surface area contributed by atoms with Gasteiger partial charge in [-0.05, 0) is 114 Å². The summed E-state index contributed by atoms with van der Waals surface area (Å²) in [5, 5.41) is 6.43. The van der Waals surface area contributed by atoms with Crippen molar-refractivity contribution in [1.82, 2.24) is 0 Å². The van der Waals surface area contributed by atoms with Crippen molar-refractivity contribution < 1.29 is 22.4 Å². The van der Waals surface area contributed by atoms with Crippen molar-refractivity contribution in [3.63, 3.8) is 0 Å². The van der Waals surface area contributed by atoms with Crippen molar-refractivity contribution in [2.45, 2.75) is 80.3 Å². The summed E-state index contributed by atoms with van der Waals surface area (Å²) in [7, 11) is 0. The number of nitroso groups, excluding NO2 is 2. The molecule has 0 bridgehead atoms. The third-order valence-corrected chi connectivity index (χ3v) is 6.66. The molecule has 0 spiro atoms. The molecule has 4 nitrogen and oxygen atoms in total. The third-order valence-electron chi connectivity index (χ3n) is 6.66. The van der Waals surface area contributed by atoms with Crippen LogP contribution in [0.25, 0.3) is 0 Å². The van der Waals surface area contributed by atoms with Gasteiger partial charge in [-0.3, -0.25) is 0 Å². The van der Waals surface area contributed by atoms with Crippen LogP contribution in [0.3, 0.4) is 0 Å². The average Bonchev–Trinajstić information content (AvgIpc) is 2.97. The fourth-order valence-electron chi connectivity index (χ4n) is 3.42. The van der Waals surface area contributed by atoms with E-state index in [-0.39, 0.29) is 0 Å². The predicted octanol–water partition coefficient (Wildman–Crippen LogP) is 9.93. The van der Waals surface area contributed by atoms with Crippen LogP contribution < -0.4 is 0 Å². The molecular weight excluding hydrogens is 1000 g/mol. The van der Waals surface area contributed by atoms with Crippen LogP contribution in [-0.2, 0) is 22.4 Å². The van der Waals surface area contributed by atoms with Crippen molar-refractivity contribution in [3.05, 3.63) is 54.4 Å². The summed E-state index contributed by atoms with van der Waals surface area (Å²) < 4.78 is 0. The quantitative estimate of drug-likeness (QED) is 0.157. The molecule has 30 heavy (non-hydrogen) atoms. The zero-order valence-electron chi connectivity index (χ0n) is 19.0. The van der Waals surface area contributed by atoms with Gasteiger partial charge in [-0.15, -0.1) is 9.81 Å². The Hall–Kier alpha value is 2.46. The molecule has 0 atom stereocenters. The molecule has 0 saturated heterocycles. The fraction of sp³-hybridized carbons (Fsp3) is 0.600. The first-order valence-corrected chi connectivity index (χ1v) is 32.8. The fourth-order valence-corrected chi connectivity index (χ4v) is 3.42. The summed E-state index contributed by atoms with van der Waals surface area (Å²) in [5.41, 5.74) is 8.08. The Morgan fingerprint density at radius 3 is 0.733 bits per heavy atom. The maximum absolute atomic E-state index is 10.7. The van der Waals surface area contributed by atoms with Crippen LogP contribution in [0, 0.1) is 9.81 Å². The second-order valence-electron chi connectivity index (χ2n) is 7.44. The molecule has 2 aliphatic rings. The Labute approximate surface area is 240 Å². The molecule has 172 valence electrons. The van der Waals surface area contributed by atoms with Crippen molar-refractivity contribution >= 4 is 77.4 Å². The Balaban J connectivity index is 0. The van der Waals surface area contributed by atoms with E-state index in [1.807, 2.05) is 69.2 Å². The van der Waals surface area contributed by atoms with Gasteiger partial charge in [0.25, 0.3) is 0 Å². The number of hydrogen-bond acceptors (Lipinski definition) is 4. The first-order chi connectivity index (χ1) is 13.7. The van der Waals surface area contributed by atoms with Gasteiger partial charge in [0.15, 0.2) is 0 Å². The molecule has 0 aliphatic heterocycles. The van der Waals surface area contributed by atoms with Crippen molar-refractivity contribution in [2.75, 3.05) is 0 Å². The maximum atomic E-state index is 10.7. The van der Waals surface area contributed by atoms with E-state index in [9.17, 15) is 9.81 Å². The van der Waals surface area contributed by atoms with Crippen molar-refractivity contribution in [2.24, 2.45) is 10.4 Å². The molecular formula is C20H30I4Mo2N2O2. The molecule has 0 saturated carbocycles. The average molecular weight is 1030 g/mol. The van der Waals surface area contributed by atoms with Crippen LogP contribution in [0.4, 0.5) is 0 Å². The second kappa shape index (κ2) is 16.2. The molecule has 0 heterocycles. The Bertz CT molecular complexity index is 663. The standard InChI is InChI=1S/2C10H15NO.4HI.2Mo/c2*1-6-7(2)9(4)10(5,11-12)8(6)3;;;;;;/h2*1-5H3;4*1H;;/q;;;;;;2*+2/p-4. The monoisotopic (exact) mass is 1030 g/mol. The number of rotatable bonds is 2. The first kappa shape index (κ1) is 34.6. The van der Waals surface area contributed by atoms with Crippen LogP contribution in [0.1, 0.15) is 69.2 Å². The number of allylic oxidation sites excluding steroid dienone is 4. The SMILES string of the molecule is CC1=C(C)C(C)(N=O)C(C)=C1C.CC1=C(C)C(C)(N=O)C(C)=C1C.[I][Mo][I].[I][Mo][I]. The van der Waals surface area contributed by atoms with Gasteiger partial charge in [-0.25, -0.2) is 0 Å². The van der Waals surface area contributed by atoms with Gasteiger partial charge in [0.1, 0.15) is 11.1 Å². The Morgan fingerprint density at radius 2 is 0.667 bits per heavy atom. The van der Waals surface area contributed by atoms with E-state index in [1.165, 1.54) is 22.3 Å². The van der Waals surface area contributed by atoms with E-state index in [1.54, 1.807) is 0 Å². The summed E-state index contributed by atoms with van der Waals surface area (Å²) in [6.07, 6.45) is 0. The van der Waals surface area contributed by atoms with E-state index in [0.29, 0.717) is 22.4 Å². The van der Waals surface area contributed by atoms with Crippen LogP contribution in [0.5, 0.6) is 0 Å². The minimum atomic E-state index is -0.575. The van der Waals surface area contributed by atoms with Gasteiger partial charge in [-0.1, -0.05) is 10.4 Å². The molecule has 0 aromatic heterocycles. The molecule has 2 aliphatic carbocycles. The number of nitrogens with zero attached hydrogens (tertiary/aromatic N) is 2. The van der Waals surface area contributed by atoms with Gasteiger partial charge in [-0.2, -0.15) is 0 Å². The molecule has 0 fully saturated rings. The predicted molar refractivity (Wildman–Crippen MR) is 158 cm³/mol. The molecule has 0 N–H and O–H groups in total. The third kappa shape index (κ3) is 8.29. The van der Waals surface area contributed by atoms with Gasteiger partial charge in [0, 0.05) is 0 Å². The van der Waals surface area contributed by atoms with Gasteiger partial charge in [0.2, 0.25) is 0 Å². The summed E-state index contributed by atoms with van der Waals surface area (Å²) in [5.74, 6) is 0. The zero-order valence-corrected chi connectivity index (χ0v) is 31.7. The summed E-state index contributed by atoms with van der Waals surface area (Å²) in [4.78, 5) is 21.4. The molecule has 0 aromatic carbocycles. The van der Waals surface area contributed by atoms with Crippen LogP contribution in [-0.4, -0.2) is 11.1 Å². The summed E-state index contributed by atoms with van der Waals surface area (Å²) in [6.45, 7) is 19.9. The Morgan fingerprint density at radius 1 is 0.533 bits per heavy atom. The van der Waals surface area contributed by atoms with Crippen molar-refractivity contribution in [3.8, 4) is 0 Å². The molecule has 0 amide bonds. The van der Waals surface area contributed by atoms with E-state index in [0.717, 1.165) is 22.3 Å². The topological polar surface area (TPSA) is 58.9 Å². The molecule has 10 heteroatoms. The summed E-state index contributed by atoms with van der Waals surface area (Å²) >= 11 is 10.4. The van der Waals surface area contributed by atoms with Crippen LogP contribution in [0.2, 0.25) is 0 Å². The second-order valence-corrected chi connectivity index (χ2v) is 38.4. The first-order valence-electron chi connectivity index (χ1n) is 8.93. The van der Waals surface area contributed by atoms with Gasteiger partial charge < -0.3 is 0 Å². The minimum absolute atomic E-state index is 0.410. The molecule has 0 radical (unpaired) electrons. The summed E-state index contributed by atoms with van der Waals surface area (Å²) in [6, 6.07) is 0. The van der Waals surface area contributed by atoms with E-state index in [2.05, 4.69) is 87.8 Å². The molecule has 0 unspecified atom stereocenters. The number of halogens is 4. The van der Waals surface area contributed by atoms with E-state index >= 15 is 0 Å². The van der Waals surface area contributed by atoms with Gasteiger partial charge in [0.05, 0.1) is 0 Å². The van der Waals surface area contributed by atoms with E-state index in [4.69, 9.17) is 0 Å². The van der Waals surface area contributed by atoms with Crippen LogP contribution in [0.15, 0.2) is 54.9 Å². The normalized spacial score (nSPS) is 18.9. The molecule has 0 aromatic rings.